The van der Waals surface area contributed by atoms with Crippen LogP contribution in [0.15, 0.2) is 18.2 Å². The minimum absolute atomic E-state index is 0.000764. The Hall–Kier alpha value is -2.13. The Balaban J connectivity index is 1.45. The molecule has 1 aromatic rings. The molecule has 2 fully saturated rings. The Labute approximate surface area is 158 Å². The van der Waals surface area contributed by atoms with E-state index in [1.165, 1.54) is 12.1 Å². The van der Waals surface area contributed by atoms with E-state index in [1.54, 1.807) is 17.9 Å². The topological polar surface area (TPSA) is 104 Å². The number of hydrogen-bond donors (Lipinski definition) is 1. The molecule has 0 bridgehead atoms. The number of nitrogens with zero attached hydrogens (tertiary/aromatic N) is 2. The third kappa shape index (κ3) is 4.78. The lowest BCUT2D eigenvalue weighted by atomic mass is 10.1. The molecule has 9 heteroatoms. The lowest BCUT2D eigenvalue weighted by molar-refractivity contribution is -0.136. The Morgan fingerprint density at radius 1 is 1.22 bits per heavy atom. The molecule has 1 atom stereocenters. The number of benzene rings is 1. The number of sulfone groups is 1. The van der Waals surface area contributed by atoms with Crippen LogP contribution in [0.1, 0.15) is 22.3 Å². The molecule has 0 aliphatic carbocycles. The number of hydrogen-bond acceptors (Lipinski definition) is 7. The molecule has 2 heterocycles. The van der Waals surface area contributed by atoms with E-state index in [9.17, 15) is 23.1 Å². The molecular formula is C18H24N2O6S. The molecule has 148 valence electrons. The SMILES string of the molecule is Cc1ccc(C(=O)OCC(=O)N2CCN(C3CCS(=O)(=O)C3)CC2)cc1O. The van der Waals surface area contributed by atoms with Gasteiger partial charge in [0.25, 0.3) is 5.91 Å². The normalized spacial score (nSPS) is 22.6. The quantitative estimate of drug-likeness (QED) is 0.725. The van der Waals surface area contributed by atoms with Gasteiger partial charge in [0.05, 0.1) is 17.1 Å². The number of carbonyl (C=O) groups is 2. The average Bonchev–Trinajstić information content (AvgIpc) is 3.01. The van der Waals surface area contributed by atoms with Gasteiger partial charge in [0.2, 0.25) is 0 Å². The molecule has 0 spiro atoms. The van der Waals surface area contributed by atoms with Gasteiger partial charge in [-0.05, 0) is 31.0 Å². The summed E-state index contributed by atoms with van der Waals surface area (Å²) < 4.78 is 28.3. The maximum atomic E-state index is 12.3. The molecular weight excluding hydrogens is 372 g/mol. The van der Waals surface area contributed by atoms with Crippen molar-refractivity contribution in [1.29, 1.82) is 0 Å². The van der Waals surface area contributed by atoms with Gasteiger partial charge < -0.3 is 14.7 Å². The maximum Gasteiger partial charge on any atom is 0.338 e. The predicted octanol–water partition coefficient (Wildman–Crippen LogP) is 0.189. The van der Waals surface area contributed by atoms with Gasteiger partial charge in [0.15, 0.2) is 16.4 Å². The van der Waals surface area contributed by atoms with Gasteiger partial charge in [-0.3, -0.25) is 9.69 Å². The molecule has 1 N–H and O–H groups in total. The van der Waals surface area contributed by atoms with Crippen LogP contribution in [-0.2, 0) is 19.4 Å². The first-order valence-corrected chi connectivity index (χ1v) is 10.8. The number of esters is 1. The number of amides is 1. The number of rotatable bonds is 4. The molecule has 0 aromatic heterocycles. The third-order valence-electron chi connectivity index (χ3n) is 5.16. The summed E-state index contributed by atoms with van der Waals surface area (Å²) in [4.78, 5) is 28.0. The summed E-state index contributed by atoms with van der Waals surface area (Å²) in [7, 11) is -2.92. The van der Waals surface area contributed by atoms with Gasteiger partial charge in [-0.15, -0.1) is 0 Å². The third-order valence-corrected chi connectivity index (χ3v) is 6.91. The summed E-state index contributed by atoms with van der Waals surface area (Å²) in [6.45, 7) is 3.56. The molecule has 0 radical (unpaired) electrons. The van der Waals surface area contributed by atoms with Gasteiger partial charge in [0.1, 0.15) is 5.75 Å². The fraction of sp³-hybridized carbons (Fsp3) is 0.556. The number of phenolic OH excluding ortho intramolecular Hbond substituents is 1. The molecule has 2 aliphatic rings. The number of ether oxygens (including phenoxy) is 1. The number of phenols is 1. The molecule has 2 aliphatic heterocycles. The van der Waals surface area contributed by atoms with E-state index >= 15 is 0 Å². The average molecular weight is 396 g/mol. The van der Waals surface area contributed by atoms with Crippen molar-refractivity contribution < 1.29 is 27.9 Å². The van der Waals surface area contributed by atoms with Gasteiger partial charge in [0, 0.05) is 32.2 Å². The molecule has 1 amide bonds. The van der Waals surface area contributed by atoms with Crippen molar-refractivity contribution in [2.24, 2.45) is 0 Å². The first-order chi connectivity index (χ1) is 12.7. The summed E-state index contributed by atoms with van der Waals surface area (Å²) in [5, 5.41) is 9.65. The maximum absolute atomic E-state index is 12.3. The number of piperazine rings is 1. The molecule has 3 rings (SSSR count). The van der Waals surface area contributed by atoms with Crippen molar-refractivity contribution in [3.8, 4) is 5.75 Å². The van der Waals surface area contributed by atoms with E-state index in [-0.39, 0.29) is 41.4 Å². The Kier molecular flexibility index (Phi) is 5.71. The molecule has 2 saturated heterocycles. The van der Waals surface area contributed by atoms with Crippen molar-refractivity contribution in [2.75, 3.05) is 44.3 Å². The fourth-order valence-electron chi connectivity index (χ4n) is 3.44. The van der Waals surface area contributed by atoms with Gasteiger partial charge in [-0.25, -0.2) is 13.2 Å². The highest BCUT2D eigenvalue weighted by Crippen LogP contribution is 2.20. The molecule has 1 unspecified atom stereocenters. The monoisotopic (exact) mass is 396 g/mol. The number of carbonyl (C=O) groups excluding carboxylic acids is 2. The zero-order valence-electron chi connectivity index (χ0n) is 15.3. The van der Waals surface area contributed by atoms with Crippen LogP contribution in [0.4, 0.5) is 0 Å². The minimum Gasteiger partial charge on any atom is -0.508 e. The smallest absolute Gasteiger partial charge is 0.338 e. The van der Waals surface area contributed by atoms with Gasteiger partial charge in [-0.2, -0.15) is 0 Å². The van der Waals surface area contributed by atoms with Crippen LogP contribution in [0.25, 0.3) is 0 Å². The zero-order valence-corrected chi connectivity index (χ0v) is 16.1. The largest absolute Gasteiger partial charge is 0.508 e. The van der Waals surface area contributed by atoms with Crippen LogP contribution in [0.3, 0.4) is 0 Å². The van der Waals surface area contributed by atoms with Crippen molar-refractivity contribution in [3.05, 3.63) is 29.3 Å². The van der Waals surface area contributed by atoms with E-state index in [0.29, 0.717) is 38.2 Å². The van der Waals surface area contributed by atoms with Crippen LogP contribution in [0, 0.1) is 6.92 Å². The first kappa shape index (κ1) is 19.6. The highest BCUT2D eigenvalue weighted by atomic mass is 32.2. The lowest BCUT2D eigenvalue weighted by Crippen LogP contribution is -2.53. The fourth-order valence-corrected chi connectivity index (χ4v) is 5.20. The molecule has 27 heavy (non-hydrogen) atoms. The van der Waals surface area contributed by atoms with Gasteiger partial charge >= 0.3 is 5.97 Å². The predicted molar refractivity (Wildman–Crippen MR) is 98.3 cm³/mol. The van der Waals surface area contributed by atoms with Crippen molar-refractivity contribution >= 4 is 21.7 Å². The van der Waals surface area contributed by atoms with E-state index < -0.39 is 15.8 Å². The van der Waals surface area contributed by atoms with Crippen LogP contribution in [0.5, 0.6) is 5.75 Å². The van der Waals surface area contributed by atoms with Crippen LogP contribution < -0.4 is 0 Å². The van der Waals surface area contributed by atoms with E-state index in [2.05, 4.69) is 4.90 Å². The second kappa shape index (κ2) is 7.85. The van der Waals surface area contributed by atoms with E-state index in [0.717, 1.165) is 0 Å². The first-order valence-electron chi connectivity index (χ1n) is 8.94. The van der Waals surface area contributed by atoms with E-state index in [4.69, 9.17) is 4.74 Å². The molecule has 0 saturated carbocycles. The summed E-state index contributed by atoms with van der Waals surface area (Å²) in [6, 6.07) is 4.50. The summed E-state index contributed by atoms with van der Waals surface area (Å²) in [5.41, 5.74) is 0.841. The summed E-state index contributed by atoms with van der Waals surface area (Å²) in [5.74, 6) is -0.504. The van der Waals surface area contributed by atoms with Crippen molar-refractivity contribution in [3.63, 3.8) is 0 Å². The Morgan fingerprint density at radius 2 is 1.93 bits per heavy atom. The second-order valence-corrected chi connectivity index (χ2v) is 9.28. The lowest BCUT2D eigenvalue weighted by Gasteiger charge is -2.37. The van der Waals surface area contributed by atoms with E-state index in [1.807, 2.05) is 0 Å². The van der Waals surface area contributed by atoms with Crippen molar-refractivity contribution in [2.45, 2.75) is 19.4 Å². The second-order valence-electron chi connectivity index (χ2n) is 7.05. The van der Waals surface area contributed by atoms with Crippen LogP contribution in [-0.4, -0.2) is 85.5 Å². The van der Waals surface area contributed by atoms with Crippen LogP contribution >= 0.6 is 0 Å². The van der Waals surface area contributed by atoms with Crippen molar-refractivity contribution in [1.82, 2.24) is 9.80 Å². The summed E-state index contributed by atoms with van der Waals surface area (Å²) >= 11 is 0. The highest BCUT2D eigenvalue weighted by molar-refractivity contribution is 7.91. The van der Waals surface area contributed by atoms with Crippen LogP contribution in [0.2, 0.25) is 0 Å². The molecule has 8 nitrogen and oxygen atoms in total. The number of aryl methyl sites for hydroxylation is 1. The number of aromatic hydroxyl groups is 1. The molecule has 1 aromatic carbocycles. The Morgan fingerprint density at radius 3 is 2.52 bits per heavy atom. The summed E-state index contributed by atoms with van der Waals surface area (Å²) in [6.07, 6.45) is 0.650. The highest BCUT2D eigenvalue weighted by Gasteiger charge is 2.34. The Bertz CT molecular complexity index is 830. The zero-order chi connectivity index (χ0) is 19.6. The van der Waals surface area contributed by atoms with Gasteiger partial charge in [-0.1, -0.05) is 6.07 Å². The minimum atomic E-state index is -2.92. The standard InChI is InChI=1S/C18H24N2O6S/c1-13-2-3-14(10-16(13)21)18(23)26-11-17(22)20-7-5-19(6-8-20)15-4-9-27(24,25)12-15/h2-3,10,15,21H,4-9,11-12H2,1H3.